The van der Waals surface area contributed by atoms with Gasteiger partial charge in [0, 0.05) is 24.7 Å². The predicted molar refractivity (Wildman–Crippen MR) is 92.7 cm³/mol. The van der Waals surface area contributed by atoms with Crippen molar-refractivity contribution in [3.8, 4) is 11.5 Å². The van der Waals surface area contributed by atoms with Crippen LogP contribution in [0.4, 0.5) is 11.4 Å². The largest absolute Gasteiger partial charge is 0.493 e. The van der Waals surface area contributed by atoms with Gasteiger partial charge in [-0.2, -0.15) is 0 Å². The average Bonchev–Trinajstić information content (AvgIpc) is 2.56. The van der Waals surface area contributed by atoms with Gasteiger partial charge < -0.3 is 20.1 Å². The molecule has 6 heteroatoms. The van der Waals surface area contributed by atoms with E-state index in [1.54, 1.807) is 38.5 Å². The molecule has 0 aliphatic heterocycles. The molecule has 2 aromatic carbocycles. The van der Waals surface area contributed by atoms with Crippen LogP contribution >= 0.6 is 11.6 Å². The molecule has 23 heavy (non-hydrogen) atoms. The summed E-state index contributed by atoms with van der Waals surface area (Å²) in [6.45, 7) is 0.489. The van der Waals surface area contributed by atoms with Gasteiger partial charge in [0.25, 0.3) is 0 Å². The van der Waals surface area contributed by atoms with Crippen LogP contribution in [0.3, 0.4) is 0 Å². The molecule has 0 saturated heterocycles. The number of methoxy groups -OCH3 is 2. The summed E-state index contributed by atoms with van der Waals surface area (Å²) in [6, 6.07) is 12.6. The standard InChI is InChI=1S/C17H19ClN2O3/c1-22-15-8-7-12(11-16(15)23-2)20-17(21)9-10-19-14-6-4-3-5-13(14)18/h3-8,11,19H,9-10H2,1-2H3,(H,20,21). The van der Waals surface area contributed by atoms with Gasteiger partial charge in [0.1, 0.15) is 0 Å². The Morgan fingerprint density at radius 1 is 1.09 bits per heavy atom. The highest BCUT2D eigenvalue weighted by Gasteiger charge is 2.07. The second-order valence-electron chi connectivity index (χ2n) is 4.77. The van der Waals surface area contributed by atoms with Crippen molar-refractivity contribution in [1.82, 2.24) is 0 Å². The lowest BCUT2D eigenvalue weighted by Gasteiger charge is -2.11. The van der Waals surface area contributed by atoms with Crippen molar-refractivity contribution in [2.24, 2.45) is 0 Å². The van der Waals surface area contributed by atoms with Gasteiger partial charge in [-0.25, -0.2) is 0 Å². The third kappa shape index (κ3) is 4.79. The molecule has 0 radical (unpaired) electrons. The van der Waals surface area contributed by atoms with Crippen LogP contribution in [-0.4, -0.2) is 26.7 Å². The summed E-state index contributed by atoms with van der Waals surface area (Å²) in [5.74, 6) is 1.09. The summed E-state index contributed by atoms with van der Waals surface area (Å²) < 4.78 is 10.4. The zero-order valence-electron chi connectivity index (χ0n) is 13.1. The van der Waals surface area contributed by atoms with Gasteiger partial charge in [0.05, 0.1) is 24.9 Å². The first-order valence-corrected chi connectivity index (χ1v) is 7.52. The Kier molecular flexibility index (Phi) is 6.11. The van der Waals surface area contributed by atoms with Crippen molar-refractivity contribution in [1.29, 1.82) is 0 Å². The second-order valence-corrected chi connectivity index (χ2v) is 5.18. The van der Waals surface area contributed by atoms with Crippen LogP contribution in [0.2, 0.25) is 5.02 Å². The van der Waals surface area contributed by atoms with E-state index in [0.29, 0.717) is 35.2 Å². The van der Waals surface area contributed by atoms with Gasteiger partial charge in [-0.3, -0.25) is 4.79 Å². The molecule has 0 bridgehead atoms. The van der Waals surface area contributed by atoms with Gasteiger partial charge in [-0.05, 0) is 24.3 Å². The summed E-state index contributed by atoms with van der Waals surface area (Å²) in [6.07, 6.45) is 0.319. The van der Waals surface area contributed by atoms with Crippen LogP contribution in [0.1, 0.15) is 6.42 Å². The van der Waals surface area contributed by atoms with Crippen molar-refractivity contribution >= 4 is 28.9 Å². The number of amides is 1. The minimum atomic E-state index is -0.100. The molecule has 1 amide bonds. The summed E-state index contributed by atoms with van der Waals surface area (Å²) in [5.41, 5.74) is 1.47. The zero-order chi connectivity index (χ0) is 16.7. The van der Waals surface area contributed by atoms with E-state index in [1.165, 1.54) is 0 Å². The second kappa shape index (κ2) is 8.29. The molecule has 2 rings (SSSR count). The number of nitrogens with one attached hydrogen (secondary N) is 2. The van der Waals surface area contributed by atoms with E-state index >= 15 is 0 Å². The van der Waals surface area contributed by atoms with Crippen molar-refractivity contribution in [2.45, 2.75) is 6.42 Å². The quantitative estimate of drug-likeness (QED) is 0.808. The molecule has 0 aliphatic carbocycles. The number of benzene rings is 2. The molecular formula is C17H19ClN2O3. The van der Waals surface area contributed by atoms with E-state index in [9.17, 15) is 4.79 Å². The van der Waals surface area contributed by atoms with Crippen LogP contribution in [0, 0.1) is 0 Å². The highest BCUT2D eigenvalue weighted by molar-refractivity contribution is 6.33. The number of hydrogen-bond acceptors (Lipinski definition) is 4. The molecule has 122 valence electrons. The van der Waals surface area contributed by atoms with Gasteiger partial charge in [-0.1, -0.05) is 23.7 Å². The molecule has 0 aliphatic rings. The number of ether oxygens (including phenoxy) is 2. The number of anilines is 2. The Morgan fingerprint density at radius 2 is 1.83 bits per heavy atom. The number of carbonyl (C=O) groups excluding carboxylic acids is 1. The van der Waals surface area contributed by atoms with Crippen LogP contribution in [0.5, 0.6) is 11.5 Å². The minimum absolute atomic E-state index is 0.100. The van der Waals surface area contributed by atoms with E-state index in [0.717, 1.165) is 5.69 Å². The van der Waals surface area contributed by atoms with Gasteiger partial charge in [0.15, 0.2) is 11.5 Å². The molecule has 2 aromatic rings. The molecule has 0 unspecified atom stereocenters. The maximum absolute atomic E-state index is 12.0. The molecule has 0 aromatic heterocycles. The predicted octanol–water partition coefficient (Wildman–Crippen LogP) is 3.80. The molecule has 0 saturated carbocycles. The molecule has 0 fully saturated rings. The summed E-state index contributed by atoms with van der Waals surface area (Å²) in [4.78, 5) is 12.0. The Morgan fingerprint density at radius 3 is 2.52 bits per heavy atom. The monoisotopic (exact) mass is 334 g/mol. The molecular weight excluding hydrogens is 316 g/mol. The first-order chi connectivity index (χ1) is 11.1. The Hall–Kier alpha value is -2.40. The first kappa shape index (κ1) is 17.0. The van der Waals surface area contributed by atoms with E-state index in [4.69, 9.17) is 21.1 Å². The topological polar surface area (TPSA) is 59.6 Å². The lowest BCUT2D eigenvalue weighted by molar-refractivity contribution is -0.115. The number of carbonyl (C=O) groups is 1. The fourth-order valence-electron chi connectivity index (χ4n) is 2.05. The third-order valence-corrected chi connectivity index (χ3v) is 3.54. The Bertz CT molecular complexity index is 677. The average molecular weight is 335 g/mol. The van der Waals surface area contributed by atoms with Gasteiger partial charge >= 0.3 is 0 Å². The lowest BCUT2D eigenvalue weighted by atomic mass is 10.2. The van der Waals surface area contributed by atoms with Crippen molar-refractivity contribution < 1.29 is 14.3 Å². The smallest absolute Gasteiger partial charge is 0.226 e. The van der Waals surface area contributed by atoms with Crippen LogP contribution in [0.15, 0.2) is 42.5 Å². The van der Waals surface area contributed by atoms with Crippen molar-refractivity contribution in [3.63, 3.8) is 0 Å². The fraction of sp³-hybridized carbons (Fsp3) is 0.235. The number of hydrogen-bond donors (Lipinski definition) is 2. The van der Waals surface area contributed by atoms with E-state index < -0.39 is 0 Å². The van der Waals surface area contributed by atoms with E-state index in [2.05, 4.69) is 10.6 Å². The first-order valence-electron chi connectivity index (χ1n) is 7.14. The lowest BCUT2D eigenvalue weighted by Crippen LogP contribution is -2.16. The normalized spacial score (nSPS) is 10.0. The van der Waals surface area contributed by atoms with Crippen LogP contribution in [0.25, 0.3) is 0 Å². The van der Waals surface area contributed by atoms with E-state index in [1.807, 2.05) is 18.2 Å². The molecule has 2 N–H and O–H groups in total. The maximum Gasteiger partial charge on any atom is 0.226 e. The highest BCUT2D eigenvalue weighted by Crippen LogP contribution is 2.29. The third-order valence-electron chi connectivity index (χ3n) is 3.21. The summed E-state index contributed by atoms with van der Waals surface area (Å²) >= 11 is 6.04. The molecule has 0 spiro atoms. The number of halogens is 1. The minimum Gasteiger partial charge on any atom is -0.493 e. The highest BCUT2D eigenvalue weighted by atomic mass is 35.5. The number of para-hydroxylation sites is 1. The van der Waals surface area contributed by atoms with Crippen LogP contribution in [-0.2, 0) is 4.79 Å². The van der Waals surface area contributed by atoms with Crippen LogP contribution < -0.4 is 20.1 Å². The summed E-state index contributed by atoms with van der Waals surface area (Å²) in [5, 5.41) is 6.59. The number of rotatable bonds is 7. The van der Waals surface area contributed by atoms with E-state index in [-0.39, 0.29) is 5.91 Å². The molecule has 0 atom stereocenters. The SMILES string of the molecule is COc1ccc(NC(=O)CCNc2ccccc2Cl)cc1OC. The Balaban J connectivity index is 1.86. The summed E-state index contributed by atoms with van der Waals surface area (Å²) in [7, 11) is 3.12. The zero-order valence-corrected chi connectivity index (χ0v) is 13.8. The fourth-order valence-corrected chi connectivity index (χ4v) is 2.26. The Labute approximate surface area is 140 Å². The van der Waals surface area contributed by atoms with Gasteiger partial charge in [-0.15, -0.1) is 0 Å². The molecule has 5 nitrogen and oxygen atoms in total. The molecule has 0 heterocycles. The maximum atomic E-state index is 12.0. The van der Waals surface area contributed by atoms with Crippen molar-refractivity contribution in [3.05, 3.63) is 47.5 Å². The van der Waals surface area contributed by atoms with Gasteiger partial charge in [0.2, 0.25) is 5.91 Å². The van der Waals surface area contributed by atoms with Crippen molar-refractivity contribution in [2.75, 3.05) is 31.4 Å².